The van der Waals surface area contributed by atoms with E-state index >= 15 is 0 Å². The number of aromatic nitrogens is 3. The van der Waals surface area contributed by atoms with Gasteiger partial charge in [0.2, 0.25) is 5.89 Å². The van der Waals surface area contributed by atoms with Gasteiger partial charge in [-0.15, -0.1) is 0 Å². The van der Waals surface area contributed by atoms with Gasteiger partial charge in [-0.3, -0.25) is 9.89 Å². The molecule has 2 N–H and O–H groups in total. The number of rotatable bonds is 3. The Morgan fingerprint density at radius 1 is 1.40 bits per heavy atom. The molecule has 1 unspecified atom stereocenters. The highest BCUT2D eigenvalue weighted by atomic mass is 16.4. The molecule has 0 aliphatic rings. The number of hydrogen-bond acceptors (Lipinski definition) is 4. The molecule has 0 aliphatic carbocycles. The SMILES string of the molecule is Cc1cnc(C(C)NC(=O)c2n[nH]c3ccccc23)o1. The summed E-state index contributed by atoms with van der Waals surface area (Å²) in [5.74, 6) is 0.938. The molecule has 0 saturated carbocycles. The van der Waals surface area contributed by atoms with Crippen molar-refractivity contribution in [2.75, 3.05) is 0 Å². The van der Waals surface area contributed by atoms with Crippen LogP contribution in [-0.4, -0.2) is 21.1 Å². The van der Waals surface area contributed by atoms with Gasteiger partial charge in [-0.1, -0.05) is 18.2 Å². The molecule has 3 rings (SSSR count). The van der Waals surface area contributed by atoms with Crippen LogP contribution in [0.5, 0.6) is 0 Å². The quantitative estimate of drug-likeness (QED) is 0.765. The molecule has 0 fully saturated rings. The van der Waals surface area contributed by atoms with Crippen LogP contribution >= 0.6 is 0 Å². The van der Waals surface area contributed by atoms with Crippen LogP contribution in [0.15, 0.2) is 34.9 Å². The van der Waals surface area contributed by atoms with Gasteiger partial charge in [0, 0.05) is 5.39 Å². The van der Waals surface area contributed by atoms with E-state index in [1.165, 1.54) is 0 Å². The average molecular weight is 270 g/mol. The molecule has 0 spiro atoms. The van der Waals surface area contributed by atoms with Crippen molar-refractivity contribution in [1.82, 2.24) is 20.5 Å². The van der Waals surface area contributed by atoms with Gasteiger partial charge in [-0.05, 0) is 19.9 Å². The van der Waals surface area contributed by atoms with Gasteiger partial charge in [0.15, 0.2) is 5.69 Å². The van der Waals surface area contributed by atoms with Gasteiger partial charge in [0.05, 0.1) is 11.7 Å². The Hall–Kier alpha value is -2.63. The summed E-state index contributed by atoms with van der Waals surface area (Å²) < 4.78 is 5.40. The lowest BCUT2D eigenvalue weighted by Crippen LogP contribution is -2.27. The van der Waals surface area contributed by atoms with Crippen molar-refractivity contribution in [3.05, 3.63) is 47.8 Å². The second-order valence-corrected chi connectivity index (χ2v) is 4.62. The maximum absolute atomic E-state index is 12.2. The number of nitrogens with one attached hydrogen (secondary N) is 2. The van der Waals surface area contributed by atoms with Crippen LogP contribution in [0.3, 0.4) is 0 Å². The van der Waals surface area contributed by atoms with Crippen molar-refractivity contribution >= 4 is 16.8 Å². The van der Waals surface area contributed by atoms with Gasteiger partial charge in [-0.25, -0.2) is 4.98 Å². The summed E-state index contributed by atoms with van der Waals surface area (Å²) >= 11 is 0. The van der Waals surface area contributed by atoms with Crippen LogP contribution in [0, 0.1) is 6.92 Å². The summed E-state index contributed by atoms with van der Waals surface area (Å²) in [7, 11) is 0. The molecule has 3 aromatic rings. The van der Waals surface area contributed by atoms with Gasteiger partial charge in [0.1, 0.15) is 11.8 Å². The third-order valence-corrected chi connectivity index (χ3v) is 3.04. The predicted octanol–water partition coefficient (Wildman–Crippen LogP) is 2.35. The molecule has 20 heavy (non-hydrogen) atoms. The number of H-pyrrole nitrogens is 1. The summed E-state index contributed by atoms with van der Waals surface area (Å²) in [5, 5.41) is 10.5. The number of benzene rings is 1. The minimum atomic E-state index is -0.313. The van der Waals surface area contributed by atoms with Crippen molar-refractivity contribution < 1.29 is 9.21 Å². The molecule has 0 radical (unpaired) electrons. The van der Waals surface area contributed by atoms with Gasteiger partial charge >= 0.3 is 0 Å². The Labute approximate surface area is 115 Å². The Morgan fingerprint density at radius 2 is 2.20 bits per heavy atom. The Kier molecular flexibility index (Phi) is 2.98. The highest BCUT2D eigenvalue weighted by Gasteiger charge is 2.19. The van der Waals surface area contributed by atoms with Crippen molar-refractivity contribution in [2.24, 2.45) is 0 Å². The first-order valence-corrected chi connectivity index (χ1v) is 6.31. The van der Waals surface area contributed by atoms with E-state index in [4.69, 9.17) is 4.42 Å². The van der Waals surface area contributed by atoms with E-state index in [0.717, 1.165) is 10.9 Å². The van der Waals surface area contributed by atoms with E-state index in [0.29, 0.717) is 17.3 Å². The van der Waals surface area contributed by atoms with E-state index < -0.39 is 0 Å². The number of hydrogen-bond donors (Lipinski definition) is 2. The minimum Gasteiger partial charge on any atom is -0.444 e. The molecule has 1 aromatic carbocycles. The summed E-state index contributed by atoms with van der Waals surface area (Å²) in [6, 6.07) is 7.18. The molecule has 0 aliphatic heterocycles. The summed E-state index contributed by atoms with van der Waals surface area (Å²) in [4.78, 5) is 16.4. The first kappa shape index (κ1) is 12.4. The molecule has 0 bridgehead atoms. The van der Waals surface area contributed by atoms with Gasteiger partial charge < -0.3 is 9.73 Å². The molecule has 1 amide bonds. The number of aromatic amines is 1. The minimum absolute atomic E-state index is 0.259. The normalized spacial score (nSPS) is 12.5. The lowest BCUT2D eigenvalue weighted by molar-refractivity contribution is 0.0930. The fourth-order valence-corrected chi connectivity index (χ4v) is 2.04. The molecule has 2 heterocycles. The lowest BCUT2D eigenvalue weighted by Gasteiger charge is -2.09. The summed E-state index contributed by atoms with van der Waals surface area (Å²) in [5.41, 5.74) is 1.20. The van der Waals surface area contributed by atoms with Crippen molar-refractivity contribution in [3.8, 4) is 0 Å². The number of carbonyl (C=O) groups is 1. The summed E-state index contributed by atoms with van der Waals surface area (Å²) in [6.45, 7) is 3.63. The summed E-state index contributed by atoms with van der Waals surface area (Å²) in [6.07, 6.45) is 1.63. The number of amides is 1. The molecule has 6 nitrogen and oxygen atoms in total. The Bertz CT molecular complexity index is 759. The fourth-order valence-electron chi connectivity index (χ4n) is 2.04. The van der Waals surface area contributed by atoms with E-state index in [1.807, 2.05) is 38.1 Å². The zero-order valence-corrected chi connectivity index (χ0v) is 11.2. The van der Waals surface area contributed by atoms with Crippen LogP contribution in [0.1, 0.15) is 35.1 Å². The van der Waals surface area contributed by atoms with E-state index in [1.54, 1.807) is 6.20 Å². The largest absolute Gasteiger partial charge is 0.444 e. The zero-order valence-electron chi connectivity index (χ0n) is 11.2. The predicted molar refractivity (Wildman–Crippen MR) is 73.2 cm³/mol. The van der Waals surface area contributed by atoms with Crippen molar-refractivity contribution in [2.45, 2.75) is 19.9 Å². The third kappa shape index (κ3) is 2.16. The van der Waals surface area contributed by atoms with Crippen LogP contribution in [0.4, 0.5) is 0 Å². The second kappa shape index (κ2) is 4.80. The number of carbonyl (C=O) groups excluding carboxylic acids is 1. The fraction of sp³-hybridized carbons (Fsp3) is 0.214. The Balaban J connectivity index is 1.82. The average Bonchev–Trinajstić information content (AvgIpc) is 3.04. The van der Waals surface area contributed by atoms with Crippen LogP contribution in [-0.2, 0) is 0 Å². The Morgan fingerprint density at radius 3 is 2.95 bits per heavy atom. The number of nitrogens with zero attached hydrogens (tertiary/aromatic N) is 2. The molecule has 2 aromatic heterocycles. The van der Waals surface area contributed by atoms with Crippen molar-refractivity contribution in [1.29, 1.82) is 0 Å². The number of aryl methyl sites for hydroxylation is 1. The van der Waals surface area contributed by atoms with Crippen LogP contribution in [0.2, 0.25) is 0 Å². The zero-order chi connectivity index (χ0) is 14.1. The number of fused-ring (bicyclic) bond motifs is 1. The highest BCUT2D eigenvalue weighted by molar-refractivity contribution is 6.04. The monoisotopic (exact) mass is 270 g/mol. The number of para-hydroxylation sites is 1. The standard InChI is InChI=1S/C14H14N4O2/c1-8-7-15-14(20-8)9(2)16-13(19)12-10-5-3-4-6-11(10)17-18-12/h3-7,9H,1-2H3,(H,16,19)(H,17,18). The highest BCUT2D eigenvalue weighted by Crippen LogP contribution is 2.17. The topological polar surface area (TPSA) is 83.8 Å². The molecule has 1 atom stereocenters. The molecule has 0 saturated heterocycles. The van der Waals surface area contributed by atoms with Crippen LogP contribution in [0.25, 0.3) is 10.9 Å². The van der Waals surface area contributed by atoms with E-state index in [9.17, 15) is 4.79 Å². The first-order valence-electron chi connectivity index (χ1n) is 6.31. The van der Waals surface area contributed by atoms with Gasteiger partial charge in [-0.2, -0.15) is 5.10 Å². The molecular formula is C14H14N4O2. The lowest BCUT2D eigenvalue weighted by atomic mass is 10.2. The van der Waals surface area contributed by atoms with E-state index in [2.05, 4.69) is 20.5 Å². The molecular weight excluding hydrogens is 256 g/mol. The van der Waals surface area contributed by atoms with Crippen molar-refractivity contribution in [3.63, 3.8) is 0 Å². The number of oxazole rings is 1. The smallest absolute Gasteiger partial charge is 0.273 e. The molecule has 102 valence electrons. The molecule has 6 heteroatoms. The van der Waals surface area contributed by atoms with Crippen LogP contribution < -0.4 is 5.32 Å². The second-order valence-electron chi connectivity index (χ2n) is 4.62. The third-order valence-electron chi connectivity index (χ3n) is 3.04. The maximum atomic E-state index is 12.2. The first-order chi connectivity index (χ1) is 9.65. The maximum Gasteiger partial charge on any atom is 0.273 e. The van der Waals surface area contributed by atoms with E-state index in [-0.39, 0.29) is 11.9 Å². The van der Waals surface area contributed by atoms with Gasteiger partial charge in [0.25, 0.3) is 5.91 Å².